The summed E-state index contributed by atoms with van der Waals surface area (Å²) >= 11 is 3.97. The summed E-state index contributed by atoms with van der Waals surface area (Å²) in [6.45, 7) is 13.9. The lowest BCUT2D eigenvalue weighted by Crippen LogP contribution is -1.97. The first-order valence-electron chi connectivity index (χ1n) is 8.63. The average molecular weight is 335 g/mol. The number of hydrogen-bond donors (Lipinski definition) is 0. The first-order chi connectivity index (χ1) is 10.4. The van der Waals surface area contributed by atoms with Gasteiger partial charge in [-0.15, -0.1) is 22.7 Å². The molecule has 2 unspecified atom stereocenters. The first-order valence-corrected chi connectivity index (χ1v) is 10.3. The van der Waals surface area contributed by atoms with Crippen molar-refractivity contribution in [2.75, 3.05) is 0 Å². The highest BCUT2D eigenvalue weighted by Gasteiger charge is 2.16. The van der Waals surface area contributed by atoms with E-state index >= 15 is 0 Å². The molecule has 2 heterocycles. The molecule has 2 aromatic rings. The quantitative estimate of drug-likeness (QED) is 0.499. The van der Waals surface area contributed by atoms with Gasteiger partial charge in [0, 0.05) is 19.5 Å². The molecule has 0 radical (unpaired) electrons. The summed E-state index contributed by atoms with van der Waals surface area (Å²) in [6.07, 6.45) is 4.97. The van der Waals surface area contributed by atoms with Crippen molar-refractivity contribution in [3.63, 3.8) is 0 Å². The van der Waals surface area contributed by atoms with Crippen molar-refractivity contribution in [1.82, 2.24) is 0 Å². The lowest BCUT2D eigenvalue weighted by molar-refractivity contribution is 0.560. The molecule has 0 aliphatic carbocycles. The van der Waals surface area contributed by atoms with E-state index in [-0.39, 0.29) is 0 Å². The predicted octanol–water partition coefficient (Wildman–Crippen LogP) is 7.27. The SMILES string of the molecule is CCC(C)Cc1cc(-c2sc(C)cc2CC(C)CC)sc1C. The Bertz CT molecular complexity index is 603. The lowest BCUT2D eigenvalue weighted by atomic mass is 9.97. The first kappa shape index (κ1) is 17.7. The zero-order chi connectivity index (χ0) is 16.3. The molecule has 2 aromatic heterocycles. The normalized spacial score (nSPS) is 14.3. The van der Waals surface area contributed by atoms with Crippen LogP contribution < -0.4 is 0 Å². The van der Waals surface area contributed by atoms with Gasteiger partial charge in [-0.3, -0.25) is 0 Å². The van der Waals surface area contributed by atoms with Crippen LogP contribution in [0.15, 0.2) is 12.1 Å². The van der Waals surface area contributed by atoms with Crippen molar-refractivity contribution in [3.05, 3.63) is 33.0 Å². The Labute approximate surface area is 144 Å². The standard InChI is InChI=1S/C20H30S2/c1-7-13(3)9-17-12-19(22-16(17)6)20-18(10-14(4)8-2)11-15(5)21-20/h11-14H,7-10H2,1-6H3. The summed E-state index contributed by atoms with van der Waals surface area (Å²) < 4.78 is 0. The fourth-order valence-corrected chi connectivity index (χ4v) is 5.04. The minimum Gasteiger partial charge on any atom is -0.139 e. The predicted molar refractivity (Wildman–Crippen MR) is 103 cm³/mol. The second-order valence-corrected chi connectivity index (χ2v) is 9.35. The van der Waals surface area contributed by atoms with Gasteiger partial charge in [0.15, 0.2) is 0 Å². The Morgan fingerprint density at radius 2 is 1.45 bits per heavy atom. The minimum atomic E-state index is 0.772. The van der Waals surface area contributed by atoms with Crippen molar-refractivity contribution < 1.29 is 0 Å². The molecule has 2 atom stereocenters. The molecule has 122 valence electrons. The van der Waals surface area contributed by atoms with E-state index in [1.165, 1.54) is 45.2 Å². The Morgan fingerprint density at radius 1 is 0.864 bits per heavy atom. The zero-order valence-electron chi connectivity index (χ0n) is 15.0. The Kier molecular flexibility index (Phi) is 6.28. The van der Waals surface area contributed by atoms with E-state index in [1.807, 2.05) is 22.7 Å². The van der Waals surface area contributed by atoms with Crippen molar-refractivity contribution in [2.24, 2.45) is 11.8 Å². The van der Waals surface area contributed by atoms with Crippen LogP contribution in [0.3, 0.4) is 0 Å². The van der Waals surface area contributed by atoms with Crippen LogP contribution in [0.25, 0.3) is 9.75 Å². The maximum atomic E-state index is 2.47. The average Bonchev–Trinajstić information content (AvgIpc) is 3.02. The van der Waals surface area contributed by atoms with Gasteiger partial charge in [-0.2, -0.15) is 0 Å². The Balaban J connectivity index is 2.30. The largest absolute Gasteiger partial charge is 0.139 e. The molecule has 0 saturated heterocycles. The van der Waals surface area contributed by atoms with Gasteiger partial charge in [-0.1, -0.05) is 40.5 Å². The molecule has 0 N–H and O–H groups in total. The van der Waals surface area contributed by atoms with E-state index in [4.69, 9.17) is 0 Å². The van der Waals surface area contributed by atoms with Gasteiger partial charge >= 0.3 is 0 Å². The molecule has 0 amide bonds. The highest BCUT2D eigenvalue weighted by atomic mass is 32.1. The summed E-state index contributed by atoms with van der Waals surface area (Å²) in [7, 11) is 0. The minimum absolute atomic E-state index is 0.772. The smallest absolute Gasteiger partial charge is 0.0477 e. The number of hydrogen-bond acceptors (Lipinski definition) is 2. The topological polar surface area (TPSA) is 0 Å². The second-order valence-electron chi connectivity index (χ2n) is 6.84. The second kappa shape index (κ2) is 7.79. The lowest BCUT2D eigenvalue weighted by Gasteiger charge is -2.08. The maximum absolute atomic E-state index is 2.47. The molecular weight excluding hydrogens is 304 g/mol. The summed E-state index contributed by atoms with van der Waals surface area (Å²) in [4.78, 5) is 5.98. The summed E-state index contributed by atoms with van der Waals surface area (Å²) in [5, 5.41) is 0. The zero-order valence-corrected chi connectivity index (χ0v) is 16.6. The molecule has 0 aliphatic rings. The molecule has 22 heavy (non-hydrogen) atoms. The van der Waals surface area contributed by atoms with Gasteiger partial charge in [0.05, 0.1) is 0 Å². The van der Waals surface area contributed by atoms with E-state index in [9.17, 15) is 0 Å². The number of aryl methyl sites for hydroxylation is 2. The van der Waals surface area contributed by atoms with Gasteiger partial charge in [0.2, 0.25) is 0 Å². The third-order valence-electron chi connectivity index (χ3n) is 4.71. The fourth-order valence-electron chi connectivity index (χ4n) is 2.80. The molecule has 2 heteroatoms. The molecule has 0 spiro atoms. The van der Waals surface area contributed by atoms with Crippen LogP contribution in [0, 0.1) is 25.7 Å². The van der Waals surface area contributed by atoms with Crippen LogP contribution in [-0.2, 0) is 12.8 Å². The number of thiophene rings is 2. The van der Waals surface area contributed by atoms with E-state index in [2.05, 4.69) is 53.7 Å². The summed E-state index contributed by atoms with van der Waals surface area (Å²) in [5.74, 6) is 1.55. The molecule has 0 saturated carbocycles. The van der Waals surface area contributed by atoms with E-state index in [0.29, 0.717) is 0 Å². The molecular formula is C20H30S2. The highest BCUT2D eigenvalue weighted by molar-refractivity contribution is 7.22. The Morgan fingerprint density at radius 3 is 2.05 bits per heavy atom. The van der Waals surface area contributed by atoms with E-state index in [0.717, 1.165) is 11.8 Å². The van der Waals surface area contributed by atoms with Crippen LogP contribution in [0.4, 0.5) is 0 Å². The summed E-state index contributed by atoms with van der Waals surface area (Å²) in [5.41, 5.74) is 3.13. The van der Waals surface area contributed by atoms with Gasteiger partial charge < -0.3 is 0 Å². The van der Waals surface area contributed by atoms with Crippen molar-refractivity contribution >= 4 is 22.7 Å². The maximum Gasteiger partial charge on any atom is 0.0477 e. The van der Waals surface area contributed by atoms with Gasteiger partial charge in [0.25, 0.3) is 0 Å². The monoisotopic (exact) mass is 334 g/mol. The molecule has 0 aliphatic heterocycles. The third kappa shape index (κ3) is 4.23. The van der Waals surface area contributed by atoms with Crippen LogP contribution in [0.5, 0.6) is 0 Å². The van der Waals surface area contributed by atoms with Crippen LogP contribution in [0.2, 0.25) is 0 Å². The van der Waals surface area contributed by atoms with Gasteiger partial charge in [-0.05, 0) is 61.8 Å². The van der Waals surface area contributed by atoms with Crippen LogP contribution >= 0.6 is 22.7 Å². The molecule has 0 nitrogen and oxygen atoms in total. The van der Waals surface area contributed by atoms with Crippen LogP contribution in [-0.4, -0.2) is 0 Å². The van der Waals surface area contributed by atoms with Crippen molar-refractivity contribution in [2.45, 2.75) is 67.2 Å². The van der Waals surface area contributed by atoms with Gasteiger partial charge in [-0.25, -0.2) is 0 Å². The fraction of sp³-hybridized carbons (Fsp3) is 0.600. The van der Waals surface area contributed by atoms with Gasteiger partial charge in [0.1, 0.15) is 0 Å². The highest BCUT2D eigenvalue weighted by Crippen LogP contribution is 2.40. The molecule has 0 bridgehead atoms. The molecule has 0 fully saturated rings. The summed E-state index contributed by atoms with van der Waals surface area (Å²) in [6, 6.07) is 4.88. The molecule has 2 rings (SSSR count). The third-order valence-corrected chi connectivity index (χ3v) is 7.07. The Hall–Kier alpha value is -0.600. The van der Waals surface area contributed by atoms with Crippen molar-refractivity contribution in [3.8, 4) is 9.75 Å². The van der Waals surface area contributed by atoms with E-state index in [1.54, 1.807) is 11.1 Å². The number of rotatable bonds is 7. The van der Waals surface area contributed by atoms with Crippen molar-refractivity contribution in [1.29, 1.82) is 0 Å². The van der Waals surface area contributed by atoms with Crippen LogP contribution in [0.1, 0.15) is 61.4 Å². The molecule has 0 aromatic carbocycles. The van der Waals surface area contributed by atoms with E-state index < -0.39 is 0 Å².